The molecule has 1 nitrogen and oxygen atoms in total. The smallest absolute Gasteiger partial charge is 0.0433 e. The lowest BCUT2D eigenvalue weighted by molar-refractivity contribution is 0.178. The van der Waals surface area contributed by atoms with Gasteiger partial charge >= 0.3 is 0 Å². The summed E-state index contributed by atoms with van der Waals surface area (Å²) in [5.41, 5.74) is 0. The molecule has 1 saturated carbocycles. The second kappa shape index (κ2) is 6.42. The summed E-state index contributed by atoms with van der Waals surface area (Å²) in [6.07, 6.45) is 10.8. The standard InChI is InChI=1S/C12H24O/c1-2-6-11(9-10-13)12-7-4-3-5-8-12/h11-13H,2-10H2,1H3. The van der Waals surface area contributed by atoms with Gasteiger partial charge in [-0.2, -0.15) is 0 Å². The fourth-order valence-electron chi connectivity index (χ4n) is 2.76. The third-order valence-electron chi connectivity index (χ3n) is 3.48. The molecule has 0 aromatic carbocycles. The number of aliphatic hydroxyl groups excluding tert-OH is 1. The maximum absolute atomic E-state index is 8.99. The van der Waals surface area contributed by atoms with Crippen LogP contribution >= 0.6 is 0 Å². The van der Waals surface area contributed by atoms with Crippen molar-refractivity contribution in [2.24, 2.45) is 11.8 Å². The van der Waals surface area contributed by atoms with Crippen molar-refractivity contribution >= 4 is 0 Å². The van der Waals surface area contributed by atoms with Gasteiger partial charge in [-0.25, -0.2) is 0 Å². The fraction of sp³-hybridized carbons (Fsp3) is 1.00. The summed E-state index contributed by atoms with van der Waals surface area (Å²) in [7, 11) is 0. The summed E-state index contributed by atoms with van der Waals surface area (Å²) in [6.45, 7) is 2.65. The molecule has 0 aromatic rings. The van der Waals surface area contributed by atoms with Crippen LogP contribution in [-0.4, -0.2) is 11.7 Å². The maximum atomic E-state index is 8.99. The molecule has 1 N–H and O–H groups in total. The molecule has 0 spiro atoms. The maximum Gasteiger partial charge on any atom is 0.0433 e. The van der Waals surface area contributed by atoms with E-state index in [9.17, 15) is 0 Å². The Hall–Kier alpha value is -0.0400. The van der Waals surface area contributed by atoms with Crippen LogP contribution in [0, 0.1) is 11.8 Å². The zero-order valence-electron chi connectivity index (χ0n) is 8.97. The van der Waals surface area contributed by atoms with E-state index in [4.69, 9.17) is 5.11 Å². The molecule has 1 aliphatic carbocycles. The molecular formula is C12H24O. The highest BCUT2D eigenvalue weighted by Crippen LogP contribution is 2.33. The van der Waals surface area contributed by atoms with E-state index in [1.54, 1.807) is 0 Å². The topological polar surface area (TPSA) is 20.2 Å². The molecule has 0 saturated heterocycles. The molecule has 1 fully saturated rings. The Kier molecular flexibility index (Phi) is 5.45. The summed E-state index contributed by atoms with van der Waals surface area (Å²) in [6, 6.07) is 0. The van der Waals surface area contributed by atoms with Crippen molar-refractivity contribution in [1.82, 2.24) is 0 Å². The highest BCUT2D eigenvalue weighted by atomic mass is 16.3. The molecule has 0 amide bonds. The van der Waals surface area contributed by atoms with Gasteiger partial charge in [0.25, 0.3) is 0 Å². The van der Waals surface area contributed by atoms with Gasteiger partial charge in [0.1, 0.15) is 0 Å². The Morgan fingerprint density at radius 3 is 2.38 bits per heavy atom. The van der Waals surface area contributed by atoms with Gasteiger partial charge in [-0.1, -0.05) is 51.9 Å². The van der Waals surface area contributed by atoms with Gasteiger partial charge in [-0.3, -0.25) is 0 Å². The predicted octanol–water partition coefficient (Wildman–Crippen LogP) is 3.37. The van der Waals surface area contributed by atoms with Crippen molar-refractivity contribution in [1.29, 1.82) is 0 Å². The van der Waals surface area contributed by atoms with Gasteiger partial charge in [0.05, 0.1) is 0 Å². The van der Waals surface area contributed by atoms with Gasteiger partial charge in [0.15, 0.2) is 0 Å². The lowest BCUT2D eigenvalue weighted by Crippen LogP contribution is -2.19. The molecule has 1 heteroatoms. The van der Waals surface area contributed by atoms with Crippen molar-refractivity contribution in [3.05, 3.63) is 0 Å². The molecule has 0 bridgehead atoms. The van der Waals surface area contributed by atoms with Gasteiger partial charge in [0, 0.05) is 6.61 Å². The third kappa shape index (κ3) is 3.68. The minimum Gasteiger partial charge on any atom is -0.396 e. The van der Waals surface area contributed by atoms with Crippen molar-refractivity contribution in [2.75, 3.05) is 6.61 Å². The molecule has 78 valence electrons. The minimum absolute atomic E-state index is 0.390. The van der Waals surface area contributed by atoms with E-state index >= 15 is 0 Å². The molecule has 1 aliphatic rings. The van der Waals surface area contributed by atoms with E-state index in [1.807, 2.05) is 0 Å². The van der Waals surface area contributed by atoms with Crippen LogP contribution in [0.25, 0.3) is 0 Å². The van der Waals surface area contributed by atoms with Crippen molar-refractivity contribution in [3.8, 4) is 0 Å². The molecule has 1 rings (SSSR count). The molecule has 0 heterocycles. The second-order valence-electron chi connectivity index (χ2n) is 4.46. The number of aliphatic hydroxyl groups is 1. The van der Waals surface area contributed by atoms with Crippen molar-refractivity contribution < 1.29 is 5.11 Å². The average Bonchev–Trinajstić information content (AvgIpc) is 2.19. The SMILES string of the molecule is CCCC(CCO)C1CCCCC1. The Balaban J connectivity index is 2.32. The number of rotatable bonds is 5. The van der Waals surface area contributed by atoms with Gasteiger partial charge in [-0.15, -0.1) is 0 Å². The van der Waals surface area contributed by atoms with E-state index in [0.717, 1.165) is 18.3 Å². The molecule has 1 atom stereocenters. The zero-order chi connectivity index (χ0) is 9.52. The molecule has 0 aliphatic heterocycles. The monoisotopic (exact) mass is 184 g/mol. The molecule has 13 heavy (non-hydrogen) atoms. The fourth-order valence-corrected chi connectivity index (χ4v) is 2.76. The second-order valence-corrected chi connectivity index (χ2v) is 4.46. The van der Waals surface area contributed by atoms with Gasteiger partial charge in [-0.05, 0) is 18.3 Å². The largest absolute Gasteiger partial charge is 0.396 e. The van der Waals surface area contributed by atoms with Crippen LogP contribution in [0.3, 0.4) is 0 Å². The van der Waals surface area contributed by atoms with Crippen LogP contribution in [0.4, 0.5) is 0 Å². The van der Waals surface area contributed by atoms with Crippen molar-refractivity contribution in [3.63, 3.8) is 0 Å². The van der Waals surface area contributed by atoms with Crippen LogP contribution in [0.1, 0.15) is 58.3 Å². The summed E-state index contributed by atoms with van der Waals surface area (Å²) in [4.78, 5) is 0. The number of hydrogen-bond acceptors (Lipinski definition) is 1. The molecule has 0 aromatic heterocycles. The van der Waals surface area contributed by atoms with E-state index in [-0.39, 0.29) is 0 Å². The van der Waals surface area contributed by atoms with Gasteiger partial charge < -0.3 is 5.11 Å². The minimum atomic E-state index is 0.390. The first-order valence-electron chi connectivity index (χ1n) is 5.99. The zero-order valence-corrected chi connectivity index (χ0v) is 8.97. The van der Waals surface area contributed by atoms with E-state index in [0.29, 0.717) is 6.61 Å². The highest BCUT2D eigenvalue weighted by Gasteiger charge is 2.22. The summed E-state index contributed by atoms with van der Waals surface area (Å²) in [5.74, 6) is 1.75. The first-order valence-corrected chi connectivity index (χ1v) is 5.99. The Morgan fingerprint density at radius 2 is 1.85 bits per heavy atom. The van der Waals surface area contributed by atoms with Crippen LogP contribution in [0.15, 0.2) is 0 Å². The predicted molar refractivity (Wildman–Crippen MR) is 56.7 cm³/mol. The van der Waals surface area contributed by atoms with Crippen LogP contribution in [0.5, 0.6) is 0 Å². The third-order valence-corrected chi connectivity index (χ3v) is 3.48. The molecule has 1 unspecified atom stereocenters. The van der Waals surface area contributed by atoms with Gasteiger partial charge in [0.2, 0.25) is 0 Å². The quantitative estimate of drug-likeness (QED) is 0.694. The van der Waals surface area contributed by atoms with Crippen LogP contribution in [0.2, 0.25) is 0 Å². The lowest BCUT2D eigenvalue weighted by atomic mass is 9.77. The van der Waals surface area contributed by atoms with E-state index in [2.05, 4.69) is 6.92 Å². The lowest BCUT2D eigenvalue weighted by Gasteiger charge is -2.29. The first-order chi connectivity index (χ1) is 6.38. The summed E-state index contributed by atoms with van der Waals surface area (Å²) in [5, 5.41) is 8.99. The van der Waals surface area contributed by atoms with Crippen molar-refractivity contribution in [2.45, 2.75) is 58.3 Å². The Bertz CT molecular complexity index is 110. The molecule has 0 radical (unpaired) electrons. The number of hydrogen-bond donors (Lipinski definition) is 1. The highest BCUT2D eigenvalue weighted by molar-refractivity contribution is 4.73. The first kappa shape index (κ1) is 11.0. The van der Waals surface area contributed by atoms with Crippen LogP contribution < -0.4 is 0 Å². The molecular weight excluding hydrogens is 160 g/mol. The normalized spacial score (nSPS) is 21.7. The Morgan fingerprint density at radius 1 is 1.15 bits per heavy atom. The van der Waals surface area contributed by atoms with Crippen LogP contribution in [-0.2, 0) is 0 Å². The van der Waals surface area contributed by atoms with E-state index in [1.165, 1.54) is 44.9 Å². The van der Waals surface area contributed by atoms with E-state index < -0.39 is 0 Å². The summed E-state index contributed by atoms with van der Waals surface area (Å²) >= 11 is 0. The average molecular weight is 184 g/mol. The summed E-state index contributed by atoms with van der Waals surface area (Å²) < 4.78 is 0. The Labute approximate surface area is 82.5 Å².